The molecule has 8 heteroatoms. The Morgan fingerprint density at radius 2 is 1.96 bits per heavy atom. The molecule has 3 aromatic heterocycles. The number of aromatic nitrogens is 4. The lowest BCUT2D eigenvalue weighted by Crippen LogP contribution is -2.07. The van der Waals surface area contributed by atoms with Crippen LogP contribution in [0.5, 0.6) is 0 Å². The summed E-state index contributed by atoms with van der Waals surface area (Å²) < 4.78 is 9.51. The van der Waals surface area contributed by atoms with Crippen molar-refractivity contribution in [3.8, 4) is 5.69 Å². The molecule has 4 aromatic rings. The van der Waals surface area contributed by atoms with Crippen molar-refractivity contribution in [3.05, 3.63) is 67.3 Å². The molecule has 0 fully saturated rings. The average molecular weight is 420 g/mol. The summed E-state index contributed by atoms with van der Waals surface area (Å²) in [5, 5.41) is 9.00. The van der Waals surface area contributed by atoms with Crippen LogP contribution < -0.4 is 0 Å². The first kappa shape index (κ1) is 21.7. The number of hydrogen-bond acceptors (Lipinski definition) is 4. The van der Waals surface area contributed by atoms with Gasteiger partial charge in [-0.2, -0.15) is 0 Å². The standard InChI is InChI=1S/C20H21N5O.2ClH/c1-16(6-8-21-12-19-3-2-10-26-19)13-24-9-7-17-4-5-18(11-20(17)24)25-14-22-23-15-25;;/h2-5,7-11,14-16H,6,12-13H2,1H3;2*1H. The van der Waals surface area contributed by atoms with Crippen molar-refractivity contribution in [2.75, 3.05) is 0 Å². The van der Waals surface area contributed by atoms with Gasteiger partial charge in [0.25, 0.3) is 0 Å². The molecular formula is C20H23Cl2N5O. The second kappa shape index (κ2) is 10.1. The summed E-state index contributed by atoms with van der Waals surface area (Å²) in [6, 6.07) is 12.4. The van der Waals surface area contributed by atoms with E-state index in [1.165, 1.54) is 10.9 Å². The maximum Gasteiger partial charge on any atom is 0.125 e. The first-order valence-corrected chi connectivity index (χ1v) is 8.74. The molecule has 0 saturated carbocycles. The van der Waals surface area contributed by atoms with Gasteiger partial charge in [-0.15, -0.1) is 35.0 Å². The monoisotopic (exact) mass is 419 g/mol. The zero-order valence-corrected chi connectivity index (χ0v) is 17.1. The van der Waals surface area contributed by atoms with E-state index in [1.54, 1.807) is 18.9 Å². The number of fused-ring (bicyclic) bond motifs is 1. The summed E-state index contributed by atoms with van der Waals surface area (Å²) in [5.41, 5.74) is 2.28. The highest BCUT2D eigenvalue weighted by molar-refractivity contribution is 5.85. The van der Waals surface area contributed by atoms with Crippen LogP contribution in [0.3, 0.4) is 0 Å². The lowest BCUT2D eigenvalue weighted by Gasteiger charge is -2.12. The summed E-state index contributed by atoms with van der Waals surface area (Å²) >= 11 is 0. The van der Waals surface area contributed by atoms with Gasteiger partial charge in [-0.3, -0.25) is 9.56 Å². The van der Waals surface area contributed by atoms with Crippen LogP contribution in [0.1, 0.15) is 19.1 Å². The van der Waals surface area contributed by atoms with E-state index >= 15 is 0 Å². The van der Waals surface area contributed by atoms with Crippen LogP contribution in [0.4, 0.5) is 0 Å². The van der Waals surface area contributed by atoms with E-state index in [0.29, 0.717) is 12.5 Å². The number of furan rings is 1. The van der Waals surface area contributed by atoms with Gasteiger partial charge in [0.1, 0.15) is 18.4 Å². The second-order valence-electron chi connectivity index (χ2n) is 6.52. The molecule has 6 nitrogen and oxygen atoms in total. The lowest BCUT2D eigenvalue weighted by atomic mass is 10.1. The van der Waals surface area contributed by atoms with Gasteiger partial charge in [0.05, 0.1) is 24.0 Å². The normalized spacial score (nSPS) is 12.0. The van der Waals surface area contributed by atoms with Crippen molar-refractivity contribution < 1.29 is 4.42 Å². The molecule has 1 aromatic carbocycles. The Labute approximate surface area is 176 Å². The Hall–Kier alpha value is -2.57. The Morgan fingerprint density at radius 3 is 2.71 bits per heavy atom. The largest absolute Gasteiger partial charge is 0.467 e. The Morgan fingerprint density at radius 1 is 1.14 bits per heavy atom. The van der Waals surface area contributed by atoms with Crippen molar-refractivity contribution in [1.82, 2.24) is 19.3 Å². The Balaban J connectivity index is 0.00000140. The highest BCUT2D eigenvalue weighted by atomic mass is 35.5. The van der Waals surface area contributed by atoms with Crippen LogP contribution in [0.25, 0.3) is 16.6 Å². The predicted molar refractivity (Wildman–Crippen MR) is 116 cm³/mol. The molecule has 0 saturated heterocycles. The first-order chi connectivity index (χ1) is 12.8. The molecule has 0 radical (unpaired) electrons. The summed E-state index contributed by atoms with van der Waals surface area (Å²) in [4.78, 5) is 4.45. The molecule has 0 bridgehead atoms. The highest BCUT2D eigenvalue weighted by Crippen LogP contribution is 2.21. The number of hydrogen-bond donors (Lipinski definition) is 0. The van der Waals surface area contributed by atoms with E-state index in [4.69, 9.17) is 4.42 Å². The van der Waals surface area contributed by atoms with Crippen LogP contribution in [0.2, 0.25) is 0 Å². The van der Waals surface area contributed by atoms with Gasteiger partial charge in [0.2, 0.25) is 0 Å². The van der Waals surface area contributed by atoms with Crippen LogP contribution in [0.15, 0.2) is 70.9 Å². The third-order valence-corrected chi connectivity index (χ3v) is 4.45. The van der Waals surface area contributed by atoms with Crippen LogP contribution >= 0.6 is 24.8 Å². The maximum absolute atomic E-state index is 5.29. The van der Waals surface area contributed by atoms with Crippen molar-refractivity contribution >= 4 is 41.9 Å². The molecule has 0 N–H and O–H groups in total. The smallest absolute Gasteiger partial charge is 0.125 e. The molecule has 1 atom stereocenters. The number of aliphatic imine (C=N–C) groups is 1. The van der Waals surface area contributed by atoms with Gasteiger partial charge >= 0.3 is 0 Å². The van der Waals surface area contributed by atoms with E-state index in [-0.39, 0.29) is 24.8 Å². The minimum atomic E-state index is 0. The lowest BCUT2D eigenvalue weighted by molar-refractivity contribution is 0.505. The summed E-state index contributed by atoms with van der Waals surface area (Å²) in [6.45, 7) is 3.80. The van der Waals surface area contributed by atoms with Gasteiger partial charge in [-0.25, -0.2) is 0 Å². The highest BCUT2D eigenvalue weighted by Gasteiger charge is 2.07. The maximum atomic E-state index is 5.29. The third-order valence-electron chi connectivity index (χ3n) is 4.45. The Kier molecular flexibility index (Phi) is 7.84. The molecule has 3 heterocycles. The summed E-state index contributed by atoms with van der Waals surface area (Å²) in [5.74, 6) is 1.39. The number of nitrogens with zero attached hydrogens (tertiary/aromatic N) is 5. The molecule has 28 heavy (non-hydrogen) atoms. The fraction of sp³-hybridized carbons (Fsp3) is 0.250. The average Bonchev–Trinajstić information content (AvgIpc) is 3.40. The SMILES string of the molecule is CC(CC=NCc1ccco1)Cn1ccc2ccc(-n3cnnc3)cc21.Cl.Cl. The number of halogens is 2. The topological polar surface area (TPSA) is 61.1 Å². The van der Waals surface area contributed by atoms with Crippen molar-refractivity contribution in [2.24, 2.45) is 10.9 Å². The third kappa shape index (κ3) is 5.03. The van der Waals surface area contributed by atoms with Gasteiger partial charge in [-0.1, -0.05) is 13.0 Å². The van der Waals surface area contributed by atoms with Crippen LogP contribution in [-0.2, 0) is 13.1 Å². The van der Waals surface area contributed by atoms with Crippen molar-refractivity contribution in [3.63, 3.8) is 0 Å². The van der Waals surface area contributed by atoms with Gasteiger partial charge in [0, 0.05) is 12.7 Å². The zero-order chi connectivity index (χ0) is 17.8. The predicted octanol–water partition coefficient (Wildman–Crippen LogP) is 4.96. The molecule has 148 valence electrons. The summed E-state index contributed by atoms with van der Waals surface area (Å²) in [7, 11) is 0. The molecule has 4 rings (SSSR count). The molecule has 0 spiro atoms. The fourth-order valence-electron chi connectivity index (χ4n) is 3.05. The number of benzene rings is 1. The minimum Gasteiger partial charge on any atom is -0.467 e. The van der Waals surface area contributed by atoms with E-state index < -0.39 is 0 Å². The van der Waals surface area contributed by atoms with E-state index in [0.717, 1.165) is 24.4 Å². The van der Waals surface area contributed by atoms with E-state index in [2.05, 4.69) is 57.1 Å². The molecule has 0 aliphatic heterocycles. The van der Waals surface area contributed by atoms with Gasteiger partial charge in [0.15, 0.2) is 0 Å². The first-order valence-electron chi connectivity index (χ1n) is 8.74. The second-order valence-corrected chi connectivity index (χ2v) is 6.52. The van der Waals surface area contributed by atoms with Gasteiger partial charge < -0.3 is 8.98 Å². The van der Waals surface area contributed by atoms with Crippen molar-refractivity contribution in [1.29, 1.82) is 0 Å². The van der Waals surface area contributed by atoms with Crippen LogP contribution in [0, 0.1) is 5.92 Å². The van der Waals surface area contributed by atoms with Gasteiger partial charge in [-0.05, 0) is 54.3 Å². The Bertz CT molecular complexity index is 993. The molecule has 1 unspecified atom stereocenters. The molecule has 0 amide bonds. The van der Waals surface area contributed by atoms with Crippen LogP contribution in [-0.4, -0.2) is 25.5 Å². The van der Waals surface area contributed by atoms with Crippen molar-refractivity contribution in [2.45, 2.75) is 26.4 Å². The quantitative estimate of drug-likeness (QED) is 0.397. The number of rotatable bonds is 7. The van der Waals surface area contributed by atoms with E-state index in [1.807, 2.05) is 22.9 Å². The van der Waals surface area contributed by atoms with E-state index in [9.17, 15) is 0 Å². The summed E-state index contributed by atoms with van der Waals surface area (Å²) in [6.07, 6.45) is 10.2. The zero-order valence-electron chi connectivity index (χ0n) is 15.5. The minimum absolute atomic E-state index is 0. The molecule has 0 aliphatic carbocycles. The molecular weight excluding hydrogens is 397 g/mol. The molecule has 0 aliphatic rings. The fourth-order valence-corrected chi connectivity index (χ4v) is 3.05.